The maximum absolute atomic E-state index is 3.64. The SMILES string of the molecule is C=CCNSc1cc(Br)ccc1Br. The third-order valence-electron chi connectivity index (χ3n) is 1.30. The highest BCUT2D eigenvalue weighted by Crippen LogP contribution is 2.28. The van der Waals surface area contributed by atoms with Gasteiger partial charge in [-0.25, -0.2) is 0 Å². The Bertz CT molecular complexity index is 302. The Hall–Kier alpha value is 0.230. The van der Waals surface area contributed by atoms with Crippen molar-refractivity contribution in [1.29, 1.82) is 0 Å². The second kappa shape index (κ2) is 5.86. The molecule has 13 heavy (non-hydrogen) atoms. The Balaban J connectivity index is 2.64. The van der Waals surface area contributed by atoms with Crippen molar-refractivity contribution >= 4 is 43.8 Å². The summed E-state index contributed by atoms with van der Waals surface area (Å²) in [6, 6.07) is 6.08. The second-order valence-corrected chi connectivity index (χ2v) is 5.02. The molecule has 0 atom stereocenters. The highest BCUT2D eigenvalue weighted by Gasteiger charge is 2.00. The number of benzene rings is 1. The first kappa shape index (κ1) is 11.3. The summed E-state index contributed by atoms with van der Waals surface area (Å²) < 4.78 is 5.34. The van der Waals surface area contributed by atoms with Crippen LogP contribution in [0.25, 0.3) is 0 Å². The van der Waals surface area contributed by atoms with Gasteiger partial charge >= 0.3 is 0 Å². The van der Waals surface area contributed by atoms with Crippen LogP contribution in [0.4, 0.5) is 0 Å². The van der Waals surface area contributed by atoms with Gasteiger partial charge in [-0.3, -0.25) is 4.72 Å². The van der Waals surface area contributed by atoms with Gasteiger partial charge < -0.3 is 0 Å². The topological polar surface area (TPSA) is 12.0 Å². The van der Waals surface area contributed by atoms with Gasteiger partial charge in [-0.1, -0.05) is 22.0 Å². The van der Waals surface area contributed by atoms with Crippen LogP contribution < -0.4 is 4.72 Å². The van der Waals surface area contributed by atoms with E-state index in [-0.39, 0.29) is 0 Å². The standard InChI is InChI=1S/C9H9Br2NS/c1-2-5-12-13-9-6-7(10)3-4-8(9)11/h2-4,6,12H,1,5H2. The second-order valence-electron chi connectivity index (χ2n) is 2.31. The van der Waals surface area contributed by atoms with Gasteiger partial charge in [-0.2, -0.15) is 0 Å². The molecule has 4 heteroatoms. The fourth-order valence-corrected chi connectivity index (χ4v) is 2.44. The van der Waals surface area contributed by atoms with Crippen molar-refractivity contribution in [3.05, 3.63) is 39.8 Å². The Morgan fingerprint density at radius 3 is 2.92 bits per heavy atom. The van der Waals surface area contributed by atoms with Crippen molar-refractivity contribution in [3.63, 3.8) is 0 Å². The quantitative estimate of drug-likeness (QED) is 0.511. The Kier molecular flexibility index (Phi) is 5.09. The van der Waals surface area contributed by atoms with E-state index in [1.165, 1.54) is 0 Å². The van der Waals surface area contributed by atoms with E-state index in [4.69, 9.17) is 0 Å². The molecule has 0 fully saturated rings. The Morgan fingerprint density at radius 2 is 2.23 bits per heavy atom. The van der Waals surface area contributed by atoms with Crippen molar-refractivity contribution in [3.8, 4) is 0 Å². The molecule has 0 aliphatic carbocycles. The molecule has 1 nitrogen and oxygen atoms in total. The smallest absolute Gasteiger partial charge is 0.0381 e. The lowest BCUT2D eigenvalue weighted by molar-refractivity contribution is 1.12. The van der Waals surface area contributed by atoms with Crippen LogP contribution >= 0.6 is 43.8 Å². The maximum atomic E-state index is 3.64. The summed E-state index contributed by atoms with van der Waals surface area (Å²) in [5.74, 6) is 0. The average molecular weight is 323 g/mol. The Labute approximate surface area is 99.4 Å². The minimum Gasteiger partial charge on any atom is -0.256 e. The van der Waals surface area contributed by atoms with E-state index >= 15 is 0 Å². The highest BCUT2D eigenvalue weighted by atomic mass is 79.9. The lowest BCUT2D eigenvalue weighted by Crippen LogP contribution is -2.01. The van der Waals surface area contributed by atoms with Gasteiger partial charge in [0.15, 0.2) is 0 Å². The molecule has 0 aliphatic rings. The van der Waals surface area contributed by atoms with Crippen LogP contribution in [-0.4, -0.2) is 6.54 Å². The zero-order valence-corrected chi connectivity index (χ0v) is 10.9. The summed E-state index contributed by atoms with van der Waals surface area (Å²) in [4.78, 5) is 1.16. The molecular formula is C9H9Br2NS. The monoisotopic (exact) mass is 321 g/mol. The third-order valence-corrected chi connectivity index (χ3v) is 3.62. The zero-order chi connectivity index (χ0) is 9.68. The van der Waals surface area contributed by atoms with Crippen LogP contribution in [0.1, 0.15) is 0 Å². The zero-order valence-electron chi connectivity index (χ0n) is 6.89. The van der Waals surface area contributed by atoms with E-state index in [0.29, 0.717) is 0 Å². The van der Waals surface area contributed by atoms with E-state index < -0.39 is 0 Å². The molecule has 0 aromatic heterocycles. The van der Waals surface area contributed by atoms with E-state index in [1.807, 2.05) is 18.2 Å². The first-order valence-corrected chi connectivity index (χ1v) is 6.10. The molecule has 0 radical (unpaired) electrons. The maximum Gasteiger partial charge on any atom is 0.0381 e. The summed E-state index contributed by atoms with van der Waals surface area (Å²) in [7, 11) is 0. The normalized spacial score (nSPS) is 10.0. The summed E-state index contributed by atoms with van der Waals surface area (Å²) >= 11 is 8.49. The first-order chi connectivity index (χ1) is 6.24. The molecule has 0 amide bonds. The molecule has 1 aromatic carbocycles. The van der Waals surface area contributed by atoms with Crippen LogP contribution in [0.3, 0.4) is 0 Å². The van der Waals surface area contributed by atoms with Crippen molar-refractivity contribution in [2.75, 3.05) is 6.54 Å². The molecule has 0 spiro atoms. The van der Waals surface area contributed by atoms with Gasteiger partial charge in [0.25, 0.3) is 0 Å². The molecule has 1 rings (SSSR count). The van der Waals surface area contributed by atoms with Crippen LogP contribution in [0.5, 0.6) is 0 Å². The van der Waals surface area contributed by atoms with Gasteiger partial charge in [0.1, 0.15) is 0 Å². The van der Waals surface area contributed by atoms with E-state index in [9.17, 15) is 0 Å². The molecule has 1 aromatic rings. The molecule has 0 saturated carbocycles. The van der Waals surface area contributed by atoms with E-state index in [1.54, 1.807) is 11.9 Å². The fourth-order valence-electron chi connectivity index (χ4n) is 0.734. The van der Waals surface area contributed by atoms with Gasteiger partial charge in [0.2, 0.25) is 0 Å². The molecule has 70 valence electrons. The average Bonchev–Trinajstić information content (AvgIpc) is 2.11. The lowest BCUT2D eigenvalue weighted by atomic mass is 10.4. The molecule has 0 heterocycles. The molecule has 1 N–H and O–H groups in total. The Morgan fingerprint density at radius 1 is 1.46 bits per heavy atom. The minimum absolute atomic E-state index is 0.795. The van der Waals surface area contributed by atoms with Gasteiger partial charge in [0.05, 0.1) is 0 Å². The van der Waals surface area contributed by atoms with Crippen LogP contribution in [0, 0.1) is 0 Å². The van der Waals surface area contributed by atoms with Crippen LogP contribution in [-0.2, 0) is 0 Å². The number of halogens is 2. The van der Waals surface area contributed by atoms with Crippen molar-refractivity contribution in [1.82, 2.24) is 4.72 Å². The molecule has 0 bridgehead atoms. The lowest BCUT2D eigenvalue weighted by Gasteiger charge is -2.04. The molecule has 0 unspecified atom stereocenters. The summed E-state index contributed by atoms with van der Waals surface area (Å²) in [6.45, 7) is 4.43. The fraction of sp³-hybridized carbons (Fsp3) is 0.111. The van der Waals surface area contributed by atoms with Crippen LogP contribution in [0.2, 0.25) is 0 Å². The number of nitrogens with one attached hydrogen (secondary N) is 1. The molecule has 0 aliphatic heterocycles. The minimum atomic E-state index is 0.795. The van der Waals surface area contributed by atoms with Crippen molar-refractivity contribution in [2.24, 2.45) is 0 Å². The highest BCUT2D eigenvalue weighted by molar-refractivity contribution is 9.11. The summed E-state index contributed by atoms with van der Waals surface area (Å²) in [6.07, 6.45) is 1.83. The summed E-state index contributed by atoms with van der Waals surface area (Å²) in [5, 5.41) is 0. The van der Waals surface area contributed by atoms with Crippen LogP contribution in [0.15, 0.2) is 44.7 Å². The first-order valence-electron chi connectivity index (χ1n) is 3.69. The number of hydrogen-bond donors (Lipinski definition) is 1. The van der Waals surface area contributed by atoms with Gasteiger partial charge in [-0.15, -0.1) is 6.58 Å². The third kappa shape index (κ3) is 3.85. The number of hydrogen-bond acceptors (Lipinski definition) is 2. The molecule has 0 saturated heterocycles. The summed E-state index contributed by atoms with van der Waals surface area (Å²) in [5.41, 5.74) is 0. The largest absolute Gasteiger partial charge is 0.256 e. The van der Waals surface area contributed by atoms with Gasteiger partial charge in [0, 0.05) is 20.4 Å². The van der Waals surface area contributed by atoms with E-state index in [2.05, 4.69) is 49.2 Å². The predicted molar refractivity (Wildman–Crippen MR) is 65.9 cm³/mol. The van der Waals surface area contributed by atoms with Crippen molar-refractivity contribution < 1.29 is 0 Å². The predicted octanol–water partition coefficient (Wildman–Crippen LogP) is 3.99. The molecular weight excluding hydrogens is 314 g/mol. The van der Waals surface area contributed by atoms with E-state index in [0.717, 1.165) is 20.4 Å². The van der Waals surface area contributed by atoms with Gasteiger partial charge in [-0.05, 0) is 46.1 Å². The van der Waals surface area contributed by atoms with Crippen molar-refractivity contribution in [2.45, 2.75) is 4.90 Å². The number of rotatable bonds is 4.